The highest BCUT2D eigenvalue weighted by Gasteiger charge is 2.06. The molecule has 19 heavy (non-hydrogen) atoms. The van der Waals surface area contributed by atoms with Crippen molar-refractivity contribution in [2.24, 2.45) is 0 Å². The molecule has 0 aromatic carbocycles. The van der Waals surface area contributed by atoms with Gasteiger partial charge in [0.15, 0.2) is 5.16 Å². The van der Waals surface area contributed by atoms with Crippen molar-refractivity contribution in [3.05, 3.63) is 6.07 Å². The molecular weight excluding hydrogens is 262 g/mol. The lowest BCUT2D eigenvalue weighted by Crippen LogP contribution is -2.35. The number of nitrogens with zero attached hydrogens (tertiary/aromatic N) is 2. The van der Waals surface area contributed by atoms with Gasteiger partial charge in [0.2, 0.25) is 5.91 Å². The van der Waals surface area contributed by atoms with Gasteiger partial charge in [-0.25, -0.2) is 9.97 Å². The standard InChI is InChI=1S/C12H21N5OS/c1-5-13-9-6-10(17-12(16-9)19-4)14-7-11(18)15-8(2)3/h6,8H,5,7H2,1-4H3,(H,15,18)(H2,13,14,16,17). The van der Waals surface area contributed by atoms with E-state index in [-0.39, 0.29) is 18.5 Å². The fourth-order valence-corrected chi connectivity index (χ4v) is 1.80. The van der Waals surface area contributed by atoms with Crippen molar-refractivity contribution >= 4 is 29.3 Å². The van der Waals surface area contributed by atoms with Gasteiger partial charge in [0.25, 0.3) is 0 Å². The Morgan fingerprint density at radius 3 is 2.47 bits per heavy atom. The van der Waals surface area contributed by atoms with Gasteiger partial charge in [-0.05, 0) is 27.0 Å². The molecule has 0 aliphatic carbocycles. The molecule has 1 rings (SSSR count). The fourth-order valence-electron chi connectivity index (χ4n) is 1.42. The van der Waals surface area contributed by atoms with E-state index in [1.807, 2.05) is 27.0 Å². The molecule has 1 aromatic heterocycles. The van der Waals surface area contributed by atoms with Gasteiger partial charge < -0.3 is 16.0 Å². The van der Waals surface area contributed by atoms with Gasteiger partial charge in [-0.3, -0.25) is 4.79 Å². The molecule has 0 aliphatic rings. The van der Waals surface area contributed by atoms with Crippen LogP contribution in [0.2, 0.25) is 0 Å². The summed E-state index contributed by atoms with van der Waals surface area (Å²) >= 11 is 1.47. The van der Waals surface area contributed by atoms with E-state index in [1.54, 1.807) is 6.07 Å². The van der Waals surface area contributed by atoms with Crippen molar-refractivity contribution in [3.63, 3.8) is 0 Å². The maximum absolute atomic E-state index is 11.6. The minimum atomic E-state index is -0.0516. The van der Waals surface area contributed by atoms with E-state index in [2.05, 4.69) is 25.9 Å². The van der Waals surface area contributed by atoms with Crippen molar-refractivity contribution in [1.29, 1.82) is 0 Å². The van der Waals surface area contributed by atoms with Crippen LogP contribution in [0.3, 0.4) is 0 Å². The molecule has 106 valence electrons. The summed E-state index contributed by atoms with van der Waals surface area (Å²) in [6.07, 6.45) is 1.92. The molecule has 0 atom stereocenters. The zero-order valence-corrected chi connectivity index (χ0v) is 12.6. The second kappa shape index (κ2) is 7.83. The van der Waals surface area contributed by atoms with Crippen molar-refractivity contribution in [1.82, 2.24) is 15.3 Å². The first-order valence-electron chi connectivity index (χ1n) is 6.25. The minimum Gasteiger partial charge on any atom is -0.370 e. The van der Waals surface area contributed by atoms with Gasteiger partial charge in [0, 0.05) is 18.7 Å². The highest BCUT2D eigenvalue weighted by Crippen LogP contribution is 2.16. The monoisotopic (exact) mass is 283 g/mol. The van der Waals surface area contributed by atoms with E-state index in [4.69, 9.17) is 0 Å². The van der Waals surface area contributed by atoms with Gasteiger partial charge in [0.05, 0.1) is 6.54 Å². The van der Waals surface area contributed by atoms with Gasteiger partial charge >= 0.3 is 0 Å². The Morgan fingerprint density at radius 2 is 1.95 bits per heavy atom. The first-order chi connectivity index (χ1) is 9.05. The van der Waals surface area contributed by atoms with Crippen molar-refractivity contribution in [2.45, 2.75) is 32.0 Å². The van der Waals surface area contributed by atoms with Gasteiger partial charge in [0.1, 0.15) is 11.6 Å². The SMILES string of the molecule is CCNc1cc(NCC(=O)NC(C)C)nc(SC)n1. The molecule has 0 spiro atoms. The zero-order chi connectivity index (χ0) is 14.3. The Labute approximate surface area is 118 Å². The number of hydrogen-bond acceptors (Lipinski definition) is 6. The summed E-state index contributed by atoms with van der Waals surface area (Å²) in [5.41, 5.74) is 0. The second-order valence-electron chi connectivity index (χ2n) is 4.23. The molecule has 0 radical (unpaired) electrons. The van der Waals surface area contributed by atoms with Crippen LogP contribution in [0, 0.1) is 0 Å². The molecule has 0 fully saturated rings. The number of aromatic nitrogens is 2. The topological polar surface area (TPSA) is 78.9 Å². The van der Waals surface area contributed by atoms with Crippen molar-refractivity contribution < 1.29 is 4.79 Å². The molecule has 0 saturated heterocycles. The number of nitrogens with one attached hydrogen (secondary N) is 3. The average molecular weight is 283 g/mol. The zero-order valence-electron chi connectivity index (χ0n) is 11.8. The maximum Gasteiger partial charge on any atom is 0.239 e. The molecule has 0 saturated carbocycles. The molecule has 0 bridgehead atoms. The summed E-state index contributed by atoms with van der Waals surface area (Å²) in [4.78, 5) is 20.2. The van der Waals surface area contributed by atoms with Crippen LogP contribution in [0.4, 0.5) is 11.6 Å². The molecule has 3 N–H and O–H groups in total. The summed E-state index contributed by atoms with van der Waals surface area (Å²) in [6.45, 7) is 6.85. The van der Waals surface area contributed by atoms with Crippen molar-refractivity contribution in [2.75, 3.05) is 30.0 Å². The van der Waals surface area contributed by atoms with Crippen LogP contribution in [0.25, 0.3) is 0 Å². The van der Waals surface area contributed by atoms with Gasteiger partial charge in [-0.2, -0.15) is 0 Å². The van der Waals surface area contributed by atoms with Gasteiger partial charge in [-0.1, -0.05) is 11.8 Å². The summed E-state index contributed by atoms with van der Waals surface area (Å²) in [5.74, 6) is 1.35. The van der Waals surface area contributed by atoms with Crippen molar-refractivity contribution in [3.8, 4) is 0 Å². The molecule has 0 unspecified atom stereocenters. The Hall–Kier alpha value is -1.50. The van der Waals surface area contributed by atoms with Crippen LogP contribution < -0.4 is 16.0 Å². The van der Waals surface area contributed by atoms with E-state index in [9.17, 15) is 4.79 Å². The average Bonchev–Trinajstić information content (AvgIpc) is 2.35. The molecule has 1 heterocycles. The van der Waals surface area contributed by atoms with E-state index in [1.165, 1.54) is 11.8 Å². The first-order valence-corrected chi connectivity index (χ1v) is 7.47. The molecule has 7 heteroatoms. The molecular formula is C12H21N5OS. The molecule has 6 nitrogen and oxygen atoms in total. The van der Waals surface area contributed by atoms with Crippen LogP contribution in [0.1, 0.15) is 20.8 Å². The van der Waals surface area contributed by atoms with E-state index < -0.39 is 0 Å². The third-order valence-electron chi connectivity index (χ3n) is 2.13. The largest absolute Gasteiger partial charge is 0.370 e. The Morgan fingerprint density at radius 1 is 1.32 bits per heavy atom. The Bertz CT molecular complexity index is 425. The quantitative estimate of drug-likeness (QED) is 0.521. The Kier molecular flexibility index (Phi) is 6.41. The van der Waals surface area contributed by atoms with E-state index in [0.29, 0.717) is 11.0 Å². The lowest BCUT2D eigenvalue weighted by molar-refractivity contribution is -0.119. The number of carbonyl (C=O) groups excluding carboxylic acids is 1. The molecule has 1 amide bonds. The normalized spacial score (nSPS) is 10.4. The minimum absolute atomic E-state index is 0.0516. The number of anilines is 2. The van der Waals surface area contributed by atoms with E-state index >= 15 is 0 Å². The van der Waals surface area contributed by atoms with Crippen LogP contribution in [-0.4, -0.2) is 41.3 Å². The Balaban J connectivity index is 2.66. The van der Waals surface area contributed by atoms with Crippen LogP contribution >= 0.6 is 11.8 Å². The molecule has 0 aliphatic heterocycles. The predicted octanol–water partition coefficient (Wildman–Crippen LogP) is 1.57. The summed E-state index contributed by atoms with van der Waals surface area (Å²) in [5, 5.41) is 9.63. The highest BCUT2D eigenvalue weighted by molar-refractivity contribution is 7.98. The number of rotatable bonds is 7. The third-order valence-corrected chi connectivity index (χ3v) is 2.67. The van der Waals surface area contributed by atoms with E-state index in [0.717, 1.165) is 12.4 Å². The van der Waals surface area contributed by atoms with Crippen LogP contribution in [0.15, 0.2) is 11.2 Å². The number of thioether (sulfide) groups is 1. The first kappa shape index (κ1) is 15.6. The van der Waals surface area contributed by atoms with Crippen LogP contribution in [0.5, 0.6) is 0 Å². The highest BCUT2D eigenvalue weighted by atomic mass is 32.2. The number of amides is 1. The summed E-state index contributed by atoms with van der Waals surface area (Å²) < 4.78 is 0. The maximum atomic E-state index is 11.6. The van der Waals surface area contributed by atoms with Gasteiger partial charge in [-0.15, -0.1) is 0 Å². The lowest BCUT2D eigenvalue weighted by atomic mass is 10.4. The smallest absolute Gasteiger partial charge is 0.239 e. The third kappa shape index (κ3) is 5.78. The lowest BCUT2D eigenvalue weighted by Gasteiger charge is -2.11. The van der Waals surface area contributed by atoms with Crippen LogP contribution in [-0.2, 0) is 4.79 Å². The summed E-state index contributed by atoms with van der Waals surface area (Å²) in [6, 6.07) is 1.94. The predicted molar refractivity (Wildman–Crippen MR) is 79.7 cm³/mol. The molecule has 1 aromatic rings. The fraction of sp³-hybridized carbons (Fsp3) is 0.583. The number of hydrogen-bond donors (Lipinski definition) is 3. The number of carbonyl (C=O) groups is 1. The summed E-state index contributed by atoms with van der Waals surface area (Å²) in [7, 11) is 0. The second-order valence-corrected chi connectivity index (χ2v) is 5.00.